The Bertz CT molecular complexity index is 756. The lowest BCUT2D eigenvalue weighted by atomic mass is 10.0. The first-order valence-electron chi connectivity index (χ1n) is 12.6. The third-order valence-corrected chi connectivity index (χ3v) is 5.70. The van der Waals surface area contributed by atoms with E-state index in [1.807, 2.05) is 54.6 Å². The number of anilines is 1. The van der Waals surface area contributed by atoms with Crippen LogP contribution in [0, 0.1) is 0 Å². The number of nitrogens with one attached hydrogen (secondary N) is 1. The van der Waals surface area contributed by atoms with Crippen LogP contribution in [0.5, 0.6) is 0 Å². The number of unbranched alkanes of at least 4 members (excludes halogenated alkanes) is 12. The van der Waals surface area contributed by atoms with Crippen molar-refractivity contribution >= 4 is 23.0 Å². The van der Waals surface area contributed by atoms with Gasteiger partial charge in [-0.1, -0.05) is 102 Å². The Morgan fingerprint density at radius 2 is 1.09 bits per heavy atom. The second kappa shape index (κ2) is 17.1. The SMILES string of the molecule is CCCCCCCCCCCCCCCC(=O)Nc1ccc(N=Nc2ccccc2)cc1. The normalized spacial score (nSPS) is 11.2. The summed E-state index contributed by atoms with van der Waals surface area (Å²) in [6, 6.07) is 17.1. The molecule has 1 N–H and O–H groups in total. The smallest absolute Gasteiger partial charge is 0.224 e. The van der Waals surface area contributed by atoms with Gasteiger partial charge in [-0.15, -0.1) is 0 Å². The molecule has 0 aliphatic heterocycles. The highest BCUT2D eigenvalue weighted by Crippen LogP contribution is 2.20. The summed E-state index contributed by atoms with van der Waals surface area (Å²) in [4.78, 5) is 12.2. The number of hydrogen-bond acceptors (Lipinski definition) is 3. The highest BCUT2D eigenvalue weighted by Gasteiger charge is 2.03. The molecular formula is C28H41N3O. The van der Waals surface area contributed by atoms with Crippen LogP contribution >= 0.6 is 0 Å². The van der Waals surface area contributed by atoms with E-state index in [9.17, 15) is 4.79 Å². The summed E-state index contributed by atoms with van der Waals surface area (Å²) >= 11 is 0. The summed E-state index contributed by atoms with van der Waals surface area (Å²) < 4.78 is 0. The number of nitrogens with zero attached hydrogens (tertiary/aromatic N) is 2. The Morgan fingerprint density at radius 3 is 1.62 bits per heavy atom. The fraction of sp³-hybridized carbons (Fsp3) is 0.536. The summed E-state index contributed by atoms with van der Waals surface area (Å²) in [6.45, 7) is 2.27. The van der Waals surface area contributed by atoms with Gasteiger partial charge in [0.15, 0.2) is 0 Å². The lowest BCUT2D eigenvalue weighted by molar-refractivity contribution is -0.116. The van der Waals surface area contributed by atoms with Crippen LogP contribution in [0.4, 0.5) is 17.1 Å². The molecule has 0 saturated heterocycles. The summed E-state index contributed by atoms with van der Waals surface area (Å²) in [5.74, 6) is 0.0896. The predicted molar refractivity (Wildman–Crippen MR) is 136 cm³/mol. The minimum atomic E-state index is 0.0896. The van der Waals surface area contributed by atoms with Crippen molar-refractivity contribution in [3.8, 4) is 0 Å². The highest BCUT2D eigenvalue weighted by atomic mass is 16.1. The van der Waals surface area contributed by atoms with Crippen molar-refractivity contribution in [2.45, 2.75) is 96.8 Å². The van der Waals surface area contributed by atoms with Crippen LogP contribution in [-0.4, -0.2) is 5.91 Å². The summed E-state index contributed by atoms with van der Waals surface area (Å²) in [7, 11) is 0. The molecule has 4 nitrogen and oxygen atoms in total. The van der Waals surface area contributed by atoms with Gasteiger partial charge in [0.1, 0.15) is 0 Å². The first kappa shape index (κ1) is 25.8. The van der Waals surface area contributed by atoms with Gasteiger partial charge in [0.05, 0.1) is 11.4 Å². The van der Waals surface area contributed by atoms with Gasteiger partial charge in [-0.2, -0.15) is 10.2 Å². The van der Waals surface area contributed by atoms with Crippen molar-refractivity contribution in [3.05, 3.63) is 54.6 Å². The lowest BCUT2D eigenvalue weighted by Gasteiger charge is -2.06. The molecule has 0 spiro atoms. The van der Waals surface area contributed by atoms with Crippen LogP contribution in [0.2, 0.25) is 0 Å². The van der Waals surface area contributed by atoms with Crippen LogP contribution in [0.25, 0.3) is 0 Å². The summed E-state index contributed by atoms with van der Waals surface area (Å²) in [5.41, 5.74) is 2.40. The molecule has 1 amide bonds. The number of carbonyl (C=O) groups is 1. The fourth-order valence-electron chi connectivity index (χ4n) is 3.75. The number of benzene rings is 2. The van der Waals surface area contributed by atoms with Gasteiger partial charge in [0.2, 0.25) is 5.91 Å². The lowest BCUT2D eigenvalue weighted by Crippen LogP contribution is -2.10. The molecule has 0 radical (unpaired) electrons. The molecule has 0 heterocycles. The molecule has 0 atom stereocenters. The van der Waals surface area contributed by atoms with Gasteiger partial charge < -0.3 is 5.32 Å². The number of carbonyl (C=O) groups excluding carboxylic acids is 1. The molecule has 0 aliphatic rings. The largest absolute Gasteiger partial charge is 0.326 e. The van der Waals surface area contributed by atoms with Crippen molar-refractivity contribution in [3.63, 3.8) is 0 Å². The van der Waals surface area contributed by atoms with Crippen molar-refractivity contribution in [2.75, 3.05) is 5.32 Å². The third-order valence-electron chi connectivity index (χ3n) is 5.70. The first-order chi connectivity index (χ1) is 15.8. The zero-order valence-electron chi connectivity index (χ0n) is 19.9. The van der Waals surface area contributed by atoms with Gasteiger partial charge in [-0.05, 0) is 42.8 Å². The number of azo groups is 1. The van der Waals surface area contributed by atoms with E-state index in [-0.39, 0.29) is 5.91 Å². The summed E-state index contributed by atoms with van der Waals surface area (Å²) in [5, 5.41) is 11.4. The minimum absolute atomic E-state index is 0.0896. The van der Waals surface area contributed by atoms with Gasteiger partial charge in [-0.25, -0.2) is 0 Å². The molecule has 0 fully saturated rings. The molecule has 0 aromatic heterocycles. The highest BCUT2D eigenvalue weighted by molar-refractivity contribution is 5.90. The van der Waals surface area contributed by atoms with Gasteiger partial charge in [0, 0.05) is 12.1 Å². The van der Waals surface area contributed by atoms with Crippen molar-refractivity contribution < 1.29 is 4.79 Å². The second-order valence-corrected chi connectivity index (χ2v) is 8.62. The van der Waals surface area contributed by atoms with Crippen molar-refractivity contribution in [1.29, 1.82) is 0 Å². The maximum absolute atomic E-state index is 12.2. The molecule has 2 rings (SSSR count). The summed E-state index contributed by atoms with van der Waals surface area (Å²) in [6.07, 6.45) is 17.7. The Morgan fingerprint density at radius 1 is 0.625 bits per heavy atom. The quantitative estimate of drug-likeness (QED) is 0.195. The van der Waals surface area contributed by atoms with Gasteiger partial charge in [0.25, 0.3) is 0 Å². The number of hydrogen-bond donors (Lipinski definition) is 1. The molecule has 2 aromatic rings. The van der Waals surface area contributed by atoms with E-state index in [0.717, 1.165) is 29.9 Å². The van der Waals surface area contributed by atoms with E-state index in [1.54, 1.807) is 0 Å². The Balaban J connectivity index is 1.47. The van der Waals surface area contributed by atoms with Gasteiger partial charge in [-0.3, -0.25) is 4.79 Å². The first-order valence-corrected chi connectivity index (χ1v) is 12.6. The van der Waals surface area contributed by atoms with Crippen molar-refractivity contribution in [2.24, 2.45) is 10.2 Å². The van der Waals surface area contributed by atoms with E-state index < -0.39 is 0 Å². The standard InChI is InChI=1S/C28H41N3O/c1-2-3-4-5-6-7-8-9-10-11-12-13-17-20-28(32)29-25-21-23-27(24-22-25)31-30-26-18-15-14-16-19-26/h14-16,18-19,21-24H,2-13,17,20H2,1H3,(H,29,32). The average Bonchev–Trinajstić information content (AvgIpc) is 2.82. The maximum atomic E-state index is 12.2. The van der Waals surface area contributed by atoms with Crippen LogP contribution in [0.15, 0.2) is 64.8 Å². The van der Waals surface area contributed by atoms with E-state index in [4.69, 9.17) is 0 Å². The van der Waals surface area contributed by atoms with E-state index >= 15 is 0 Å². The van der Waals surface area contributed by atoms with Crippen LogP contribution in [0.3, 0.4) is 0 Å². The number of amides is 1. The predicted octanol–water partition coefficient (Wildman–Crippen LogP) is 9.52. The van der Waals surface area contributed by atoms with Crippen molar-refractivity contribution in [1.82, 2.24) is 0 Å². The molecule has 174 valence electrons. The monoisotopic (exact) mass is 435 g/mol. The van der Waals surface area contributed by atoms with E-state index in [0.29, 0.717) is 6.42 Å². The maximum Gasteiger partial charge on any atom is 0.224 e. The molecular weight excluding hydrogens is 394 g/mol. The van der Waals surface area contributed by atoms with E-state index in [2.05, 4.69) is 22.5 Å². The molecule has 2 aromatic carbocycles. The second-order valence-electron chi connectivity index (χ2n) is 8.62. The Kier molecular flexibility index (Phi) is 13.8. The van der Waals surface area contributed by atoms with Crippen LogP contribution < -0.4 is 5.32 Å². The molecule has 32 heavy (non-hydrogen) atoms. The van der Waals surface area contributed by atoms with Crippen LogP contribution in [0.1, 0.15) is 96.8 Å². The topological polar surface area (TPSA) is 53.8 Å². The van der Waals surface area contributed by atoms with E-state index in [1.165, 1.54) is 70.6 Å². The third kappa shape index (κ3) is 12.4. The fourth-order valence-corrected chi connectivity index (χ4v) is 3.75. The Hall–Kier alpha value is -2.49. The zero-order chi connectivity index (χ0) is 22.7. The molecule has 4 heteroatoms. The molecule has 0 unspecified atom stereocenters. The Labute approximate surface area is 194 Å². The minimum Gasteiger partial charge on any atom is -0.326 e. The molecule has 0 saturated carbocycles. The zero-order valence-corrected chi connectivity index (χ0v) is 19.9. The average molecular weight is 436 g/mol. The molecule has 0 aliphatic carbocycles. The number of rotatable bonds is 17. The molecule has 0 bridgehead atoms. The van der Waals surface area contributed by atoms with Gasteiger partial charge >= 0.3 is 0 Å². The van der Waals surface area contributed by atoms with Crippen LogP contribution in [-0.2, 0) is 4.79 Å².